The molecule has 8 nitrogen and oxygen atoms in total. The number of aliphatic hydroxyl groups excluding tert-OH is 1. The van der Waals surface area contributed by atoms with Crippen molar-refractivity contribution >= 4 is 35.0 Å². The summed E-state index contributed by atoms with van der Waals surface area (Å²) in [4.78, 5) is 27.8. The highest BCUT2D eigenvalue weighted by molar-refractivity contribution is 7.99. The van der Waals surface area contributed by atoms with Crippen LogP contribution in [-0.4, -0.2) is 39.3 Å². The molecule has 2 amide bonds. The molecule has 0 atom stereocenters. The Labute approximate surface area is 184 Å². The summed E-state index contributed by atoms with van der Waals surface area (Å²) in [5.74, 6) is 0.613. The number of nitrogens with zero attached hydrogens (tertiary/aromatic N) is 2. The lowest BCUT2D eigenvalue weighted by molar-refractivity contribution is -0.114. The SMILES string of the molecule is COc1ccc(Cn2cc(CO)nc2SCC(=O)Nc2ccc(NC(C)=O)cc2)cc1. The number of methoxy groups -OCH3 is 1. The van der Waals surface area contributed by atoms with Gasteiger partial charge in [-0.1, -0.05) is 23.9 Å². The molecular formula is C22H24N4O4S. The fraction of sp³-hybridized carbons (Fsp3) is 0.227. The predicted octanol–water partition coefficient (Wildman–Crippen LogP) is 3.12. The van der Waals surface area contributed by atoms with Gasteiger partial charge < -0.3 is 25.0 Å². The number of imidazole rings is 1. The molecule has 0 aliphatic rings. The van der Waals surface area contributed by atoms with Gasteiger partial charge in [0.2, 0.25) is 11.8 Å². The number of hydrogen-bond donors (Lipinski definition) is 3. The fourth-order valence-electron chi connectivity index (χ4n) is 2.85. The van der Waals surface area contributed by atoms with Crippen LogP contribution in [-0.2, 0) is 22.7 Å². The summed E-state index contributed by atoms with van der Waals surface area (Å²) >= 11 is 1.30. The van der Waals surface area contributed by atoms with Crippen molar-refractivity contribution in [1.82, 2.24) is 9.55 Å². The maximum Gasteiger partial charge on any atom is 0.234 e. The van der Waals surface area contributed by atoms with Gasteiger partial charge in [0.25, 0.3) is 0 Å². The highest BCUT2D eigenvalue weighted by Gasteiger charge is 2.12. The van der Waals surface area contributed by atoms with Crippen molar-refractivity contribution in [2.24, 2.45) is 0 Å². The lowest BCUT2D eigenvalue weighted by Gasteiger charge is -2.09. The van der Waals surface area contributed by atoms with E-state index in [-0.39, 0.29) is 24.2 Å². The third-order valence-corrected chi connectivity index (χ3v) is 5.28. The average Bonchev–Trinajstić information content (AvgIpc) is 3.15. The Bertz CT molecular complexity index is 1030. The molecule has 0 aliphatic heterocycles. The molecule has 0 bridgehead atoms. The predicted molar refractivity (Wildman–Crippen MR) is 120 cm³/mol. The quantitative estimate of drug-likeness (QED) is 0.442. The molecule has 0 saturated carbocycles. The molecule has 0 unspecified atom stereocenters. The van der Waals surface area contributed by atoms with Crippen molar-refractivity contribution in [3.05, 3.63) is 66.0 Å². The molecule has 3 rings (SSSR count). The standard InChI is InChI=1S/C22H24N4O4S/c1-15(28)23-17-5-7-18(8-6-17)24-21(29)14-31-22-25-19(13-27)12-26(22)11-16-3-9-20(30-2)10-4-16/h3-10,12,27H,11,13-14H2,1-2H3,(H,23,28)(H,24,29). The molecule has 0 fully saturated rings. The second-order valence-electron chi connectivity index (χ2n) is 6.74. The van der Waals surface area contributed by atoms with Crippen LogP contribution in [0.2, 0.25) is 0 Å². The first-order chi connectivity index (χ1) is 15.0. The molecule has 1 heterocycles. The zero-order valence-corrected chi connectivity index (χ0v) is 18.1. The zero-order chi connectivity index (χ0) is 22.2. The van der Waals surface area contributed by atoms with E-state index in [0.29, 0.717) is 28.8 Å². The van der Waals surface area contributed by atoms with Crippen LogP contribution in [0, 0.1) is 0 Å². The number of carbonyl (C=O) groups is 2. The largest absolute Gasteiger partial charge is 0.497 e. The minimum atomic E-state index is -0.179. The van der Waals surface area contributed by atoms with Crippen LogP contribution >= 0.6 is 11.8 Å². The number of thioether (sulfide) groups is 1. The molecular weight excluding hydrogens is 416 g/mol. The van der Waals surface area contributed by atoms with Gasteiger partial charge in [-0.05, 0) is 42.0 Å². The van der Waals surface area contributed by atoms with Crippen LogP contribution in [0.3, 0.4) is 0 Å². The van der Waals surface area contributed by atoms with Crippen LogP contribution in [0.1, 0.15) is 18.2 Å². The topological polar surface area (TPSA) is 105 Å². The Morgan fingerprint density at radius 2 is 1.71 bits per heavy atom. The molecule has 1 aromatic heterocycles. The fourth-order valence-corrected chi connectivity index (χ4v) is 3.65. The second-order valence-corrected chi connectivity index (χ2v) is 7.69. The summed E-state index contributed by atoms with van der Waals surface area (Å²) in [6.45, 7) is 1.83. The van der Waals surface area contributed by atoms with E-state index in [1.54, 1.807) is 37.6 Å². The number of ether oxygens (including phenoxy) is 1. The van der Waals surface area contributed by atoms with Gasteiger partial charge in [0, 0.05) is 31.0 Å². The summed E-state index contributed by atoms with van der Waals surface area (Å²) in [5, 5.41) is 15.6. The lowest BCUT2D eigenvalue weighted by atomic mass is 10.2. The first kappa shape index (κ1) is 22.4. The van der Waals surface area contributed by atoms with Crippen LogP contribution in [0.5, 0.6) is 5.75 Å². The van der Waals surface area contributed by atoms with Crippen molar-refractivity contribution in [2.75, 3.05) is 23.5 Å². The number of benzene rings is 2. The first-order valence-corrected chi connectivity index (χ1v) is 10.6. The molecule has 0 radical (unpaired) electrons. The number of anilines is 2. The molecule has 162 valence electrons. The highest BCUT2D eigenvalue weighted by Crippen LogP contribution is 2.21. The van der Waals surface area contributed by atoms with E-state index in [4.69, 9.17) is 4.74 Å². The Kier molecular flexibility index (Phi) is 7.69. The van der Waals surface area contributed by atoms with Crippen molar-refractivity contribution in [3.8, 4) is 5.75 Å². The molecule has 9 heteroatoms. The van der Waals surface area contributed by atoms with Crippen LogP contribution in [0.25, 0.3) is 0 Å². The van der Waals surface area contributed by atoms with Crippen molar-refractivity contribution in [1.29, 1.82) is 0 Å². The third-order valence-electron chi connectivity index (χ3n) is 4.29. The first-order valence-electron chi connectivity index (χ1n) is 9.57. The summed E-state index contributed by atoms with van der Waals surface area (Å²) in [6.07, 6.45) is 1.78. The van der Waals surface area contributed by atoms with Crippen LogP contribution in [0.4, 0.5) is 11.4 Å². The Balaban J connectivity index is 1.60. The van der Waals surface area contributed by atoms with Gasteiger partial charge in [0.05, 0.1) is 25.2 Å². The lowest BCUT2D eigenvalue weighted by Crippen LogP contribution is -2.15. The van der Waals surface area contributed by atoms with Gasteiger partial charge in [0.1, 0.15) is 5.75 Å². The van der Waals surface area contributed by atoms with Gasteiger partial charge in [0.15, 0.2) is 5.16 Å². The van der Waals surface area contributed by atoms with Gasteiger partial charge in [-0.15, -0.1) is 0 Å². The average molecular weight is 441 g/mol. The number of aromatic nitrogens is 2. The Hall–Kier alpha value is -3.30. The zero-order valence-electron chi connectivity index (χ0n) is 17.3. The summed E-state index contributed by atoms with van der Waals surface area (Å²) in [5.41, 5.74) is 2.90. The maximum atomic E-state index is 12.4. The smallest absolute Gasteiger partial charge is 0.234 e. The number of nitrogens with one attached hydrogen (secondary N) is 2. The van der Waals surface area contributed by atoms with Gasteiger partial charge >= 0.3 is 0 Å². The van der Waals surface area contributed by atoms with Crippen molar-refractivity contribution < 1.29 is 19.4 Å². The Morgan fingerprint density at radius 3 is 2.29 bits per heavy atom. The molecule has 0 aliphatic carbocycles. The summed E-state index contributed by atoms with van der Waals surface area (Å²) < 4.78 is 7.09. The van der Waals surface area contributed by atoms with E-state index in [2.05, 4.69) is 15.6 Å². The maximum absolute atomic E-state index is 12.4. The highest BCUT2D eigenvalue weighted by atomic mass is 32.2. The van der Waals surface area contributed by atoms with E-state index >= 15 is 0 Å². The van der Waals surface area contributed by atoms with E-state index in [1.165, 1.54) is 18.7 Å². The number of aliphatic hydroxyl groups is 1. The third kappa shape index (κ3) is 6.59. The van der Waals surface area contributed by atoms with Gasteiger partial charge in [-0.2, -0.15) is 0 Å². The molecule has 3 N–H and O–H groups in total. The van der Waals surface area contributed by atoms with Crippen molar-refractivity contribution in [3.63, 3.8) is 0 Å². The summed E-state index contributed by atoms with van der Waals surface area (Å²) in [7, 11) is 1.62. The monoisotopic (exact) mass is 440 g/mol. The van der Waals surface area contributed by atoms with E-state index in [9.17, 15) is 14.7 Å². The number of carbonyl (C=O) groups excluding carboxylic acids is 2. The minimum absolute atomic E-state index is 0.152. The van der Waals surface area contributed by atoms with Gasteiger partial charge in [-0.3, -0.25) is 9.59 Å². The second kappa shape index (κ2) is 10.6. The van der Waals surface area contributed by atoms with E-state index in [0.717, 1.165) is 11.3 Å². The normalized spacial score (nSPS) is 10.5. The van der Waals surface area contributed by atoms with Crippen LogP contribution in [0.15, 0.2) is 59.9 Å². The summed E-state index contributed by atoms with van der Waals surface area (Å²) in [6, 6.07) is 14.6. The molecule has 0 saturated heterocycles. The molecule has 0 spiro atoms. The molecule has 2 aromatic carbocycles. The van der Waals surface area contributed by atoms with Gasteiger partial charge in [-0.25, -0.2) is 4.98 Å². The van der Waals surface area contributed by atoms with Crippen molar-refractivity contribution in [2.45, 2.75) is 25.2 Å². The minimum Gasteiger partial charge on any atom is -0.497 e. The number of hydrogen-bond acceptors (Lipinski definition) is 6. The molecule has 31 heavy (non-hydrogen) atoms. The van der Waals surface area contributed by atoms with E-state index < -0.39 is 0 Å². The Morgan fingerprint density at radius 1 is 1.06 bits per heavy atom. The van der Waals surface area contributed by atoms with Crippen LogP contribution < -0.4 is 15.4 Å². The number of rotatable bonds is 9. The molecule has 3 aromatic rings. The number of amides is 2. The van der Waals surface area contributed by atoms with E-state index in [1.807, 2.05) is 28.8 Å².